The summed E-state index contributed by atoms with van der Waals surface area (Å²) < 4.78 is 24.7. The number of benzene rings is 2. The van der Waals surface area contributed by atoms with Crippen LogP contribution in [0.15, 0.2) is 53.4 Å². The first-order valence-corrected chi connectivity index (χ1v) is 7.59. The molecule has 0 aliphatic heterocycles. The van der Waals surface area contributed by atoms with Gasteiger partial charge in [-0.15, -0.1) is 0 Å². The van der Waals surface area contributed by atoms with Crippen LogP contribution in [0.25, 0.3) is 16.7 Å². The van der Waals surface area contributed by atoms with Crippen LogP contribution in [0.2, 0.25) is 0 Å². The minimum Gasteiger partial charge on any atom is -0.297 e. The Bertz CT molecular complexity index is 883. The van der Waals surface area contributed by atoms with Gasteiger partial charge in [0.15, 0.2) is 0 Å². The number of sulfonamides is 1. The first kappa shape index (κ1) is 12.8. The summed E-state index contributed by atoms with van der Waals surface area (Å²) in [7, 11) is -3.71. The van der Waals surface area contributed by atoms with Gasteiger partial charge in [-0.1, -0.05) is 18.2 Å². The molecule has 0 fully saturated rings. The van der Waals surface area contributed by atoms with Crippen LogP contribution in [0.4, 0.5) is 0 Å². The fourth-order valence-electron chi connectivity index (χ4n) is 2.26. The number of rotatable bonds is 2. The van der Waals surface area contributed by atoms with Crippen molar-refractivity contribution < 1.29 is 8.42 Å². The van der Waals surface area contributed by atoms with Crippen molar-refractivity contribution in [2.75, 3.05) is 0 Å². The average Bonchev–Trinajstić information content (AvgIpc) is 2.73. The lowest BCUT2D eigenvalue weighted by atomic mass is 10.3. The smallest absolute Gasteiger partial charge is 0.238 e. The molecule has 3 rings (SSSR count). The van der Waals surface area contributed by atoms with Crippen LogP contribution in [-0.4, -0.2) is 18.0 Å². The second kappa shape index (κ2) is 4.43. The summed E-state index contributed by atoms with van der Waals surface area (Å²) >= 11 is 0. The molecule has 2 N–H and O–H groups in total. The molecule has 2 aromatic carbocycles. The zero-order chi connectivity index (χ0) is 14.3. The fourth-order valence-corrected chi connectivity index (χ4v) is 2.79. The number of aromatic nitrogens is 2. The third-order valence-electron chi connectivity index (χ3n) is 3.14. The molecule has 0 saturated heterocycles. The lowest BCUT2D eigenvalue weighted by Crippen LogP contribution is -2.11. The second-order valence-electron chi connectivity index (χ2n) is 4.53. The molecule has 20 heavy (non-hydrogen) atoms. The Morgan fingerprint density at radius 1 is 1.10 bits per heavy atom. The predicted octanol–water partition coefficient (Wildman–Crippen LogP) is 1.98. The Morgan fingerprint density at radius 2 is 1.80 bits per heavy atom. The van der Waals surface area contributed by atoms with Gasteiger partial charge in [-0.05, 0) is 37.3 Å². The maximum Gasteiger partial charge on any atom is 0.238 e. The van der Waals surface area contributed by atoms with Crippen molar-refractivity contribution in [3.8, 4) is 5.69 Å². The molecular weight excluding hydrogens is 274 g/mol. The molecule has 102 valence electrons. The number of primary sulfonamides is 1. The SMILES string of the molecule is Cc1nc2cc(S(N)(=O)=O)ccc2n1-c1ccccc1. The monoisotopic (exact) mass is 287 g/mol. The van der Waals surface area contributed by atoms with E-state index in [1.54, 1.807) is 6.07 Å². The number of hydrogen-bond donors (Lipinski definition) is 1. The first-order valence-electron chi connectivity index (χ1n) is 6.04. The maximum atomic E-state index is 11.4. The van der Waals surface area contributed by atoms with Crippen molar-refractivity contribution in [1.29, 1.82) is 0 Å². The number of nitrogens with two attached hydrogens (primary N) is 1. The topological polar surface area (TPSA) is 78.0 Å². The van der Waals surface area contributed by atoms with E-state index in [9.17, 15) is 8.42 Å². The second-order valence-corrected chi connectivity index (χ2v) is 6.09. The summed E-state index contributed by atoms with van der Waals surface area (Å²) in [4.78, 5) is 4.48. The zero-order valence-electron chi connectivity index (χ0n) is 10.8. The Balaban J connectivity index is 2.29. The Morgan fingerprint density at radius 3 is 2.45 bits per heavy atom. The van der Waals surface area contributed by atoms with E-state index in [1.807, 2.05) is 41.8 Å². The van der Waals surface area contributed by atoms with E-state index < -0.39 is 10.0 Å². The van der Waals surface area contributed by atoms with Crippen LogP contribution in [0.5, 0.6) is 0 Å². The van der Waals surface area contributed by atoms with Gasteiger partial charge in [0.1, 0.15) is 5.82 Å². The normalized spacial score (nSPS) is 11.9. The van der Waals surface area contributed by atoms with Crippen LogP contribution < -0.4 is 5.14 Å². The van der Waals surface area contributed by atoms with Crippen LogP contribution in [0, 0.1) is 6.92 Å². The minimum atomic E-state index is -3.71. The van der Waals surface area contributed by atoms with Crippen molar-refractivity contribution in [3.05, 3.63) is 54.4 Å². The Hall–Kier alpha value is -2.18. The van der Waals surface area contributed by atoms with Crippen molar-refractivity contribution in [2.45, 2.75) is 11.8 Å². The molecular formula is C14H13N3O2S. The average molecular weight is 287 g/mol. The fraction of sp³-hybridized carbons (Fsp3) is 0.0714. The molecule has 0 spiro atoms. The number of para-hydroxylation sites is 1. The van der Waals surface area contributed by atoms with Crippen LogP contribution in [0.1, 0.15) is 5.82 Å². The van der Waals surface area contributed by atoms with Crippen molar-refractivity contribution in [2.24, 2.45) is 5.14 Å². The number of aryl methyl sites for hydroxylation is 1. The molecule has 0 saturated carbocycles. The quantitative estimate of drug-likeness (QED) is 0.782. The Kier molecular flexibility index (Phi) is 2.84. The molecule has 0 atom stereocenters. The van der Waals surface area contributed by atoms with E-state index in [4.69, 9.17) is 5.14 Å². The molecule has 0 aliphatic carbocycles. The van der Waals surface area contributed by atoms with Gasteiger partial charge in [0.25, 0.3) is 0 Å². The zero-order valence-corrected chi connectivity index (χ0v) is 11.6. The van der Waals surface area contributed by atoms with Gasteiger partial charge < -0.3 is 0 Å². The number of fused-ring (bicyclic) bond motifs is 1. The van der Waals surface area contributed by atoms with Crippen molar-refractivity contribution in [3.63, 3.8) is 0 Å². The minimum absolute atomic E-state index is 0.0720. The highest BCUT2D eigenvalue weighted by Gasteiger charge is 2.13. The molecule has 5 nitrogen and oxygen atoms in total. The molecule has 0 radical (unpaired) electrons. The standard InChI is InChI=1S/C14H13N3O2S/c1-10-16-13-9-12(20(15,18)19)7-8-14(13)17(10)11-5-3-2-4-6-11/h2-9H,1H3,(H2,15,18,19). The van der Waals surface area contributed by atoms with Crippen molar-refractivity contribution >= 4 is 21.1 Å². The summed E-state index contributed by atoms with van der Waals surface area (Å²) in [6.07, 6.45) is 0. The van der Waals surface area contributed by atoms with E-state index in [-0.39, 0.29) is 4.90 Å². The van der Waals surface area contributed by atoms with Gasteiger partial charge in [0, 0.05) is 5.69 Å². The third-order valence-corrected chi connectivity index (χ3v) is 4.05. The van der Waals surface area contributed by atoms with E-state index in [0.717, 1.165) is 17.0 Å². The molecule has 0 aliphatic rings. The largest absolute Gasteiger partial charge is 0.297 e. The van der Waals surface area contributed by atoms with Crippen LogP contribution in [-0.2, 0) is 10.0 Å². The molecule has 0 amide bonds. The number of imidazole rings is 1. The van der Waals surface area contributed by atoms with Crippen LogP contribution >= 0.6 is 0 Å². The maximum absolute atomic E-state index is 11.4. The van der Waals surface area contributed by atoms with E-state index >= 15 is 0 Å². The summed E-state index contributed by atoms with van der Waals surface area (Å²) in [5, 5.41) is 5.14. The van der Waals surface area contributed by atoms with Crippen molar-refractivity contribution in [1.82, 2.24) is 9.55 Å². The lowest BCUT2D eigenvalue weighted by Gasteiger charge is -2.06. The van der Waals surface area contributed by atoms with E-state index in [2.05, 4.69) is 4.98 Å². The molecule has 1 aromatic heterocycles. The van der Waals surface area contributed by atoms with Gasteiger partial charge in [-0.2, -0.15) is 0 Å². The lowest BCUT2D eigenvalue weighted by molar-refractivity contribution is 0.598. The molecule has 6 heteroatoms. The third kappa shape index (κ3) is 2.09. The van der Waals surface area contributed by atoms with Gasteiger partial charge in [0.2, 0.25) is 10.0 Å². The molecule has 0 unspecified atom stereocenters. The van der Waals surface area contributed by atoms with E-state index in [1.165, 1.54) is 12.1 Å². The molecule has 0 bridgehead atoms. The number of hydrogen-bond acceptors (Lipinski definition) is 3. The van der Waals surface area contributed by atoms with Gasteiger partial charge in [-0.3, -0.25) is 4.57 Å². The van der Waals surface area contributed by atoms with Gasteiger partial charge in [-0.25, -0.2) is 18.5 Å². The summed E-state index contributed by atoms with van der Waals surface area (Å²) in [5.41, 5.74) is 2.44. The number of nitrogens with zero attached hydrogens (tertiary/aromatic N) is 2. The summed E-state index contributed by atoms with van der Waals surface area (Å²) in [6, 6.07) is 14.5. The Labute approximate surface area is 116 Å². The summed E-state index contributed by atoms with van der Waals surface area (Å²) in [6.45, 7) is 1.88. The van der Waals surface area contributed by atoms with E-state index in [0.29, 0.717) is 5.52 Å². The predicted molar refractivity (Wildman–Crippen MR) is 77.2 cm³/mol. The van der Waals surface area contributed by atoms with Crippen LogP contribution in [0.3, 0.4) is 0 Å². The highest BCUT2D eigenvalue weighted by molar-refractivity contribution is 7.89. The van der Waals surface area contributed by atoms with Gasteiger partial charge in [0.05, 0.1) is 15.9 Å². The summed E-state index contributed by atoms with van der Waals surface area (Å²) in [5.74, 6) is 0.790. The first-order chi connectivity index (χ1) is 9.47. The highest BCUT2D eigenvalue weighted by Crippen LogP contribution is 2.23. The van der Waals surface area contributed by atoms with Gasteiger partial charge >= 0.3 is 0 Å². The molecule has 3 aromatic rings. The highest BCUT2D eigenvalue weighted by atomic mass is 32.2. The molecule has 1 heterocycles.